The van der Waals surface area contributed by atoms with Crippen LogP contribution in [0.5, 0.6) is 5.75 Å². The summed E-state index contributed by atoms with van der Waals surface area (Å²) < 4.78 is 11.1. The van der Waals surface area contributed by atoms with Crippen LogP contribution in [0.1, 0.15) is 40.0 Å². The fourth-order valence-corrected chi connectivity index (χ4v) is 3.61. The summed E-state index contributed by atoms with van der Waals surface area (Å²) in [6.45, 7) is 0.984. The lowest BCUT2D eigenvalue weighted by molar-refractivity contribution is 0.102. The van der Waals surface area contributed by atoms with E-state index < -0.39 is 5.91 Å². The maximum Gasteiger partial charge on any atom is 0.274 e. The van der Waals surface area contributed by atoms with Crippen molar-refractivity contribution >= 4 is 22.4 Å². The van der Waals surface area contributed by atoms with Crippen molar-refractivity contribution in [3.05, 3.63) is 69.1 Å². The lowest BCUT2D eigenvalue weighted by Crippen LogP contribution is -2.17. The van der Waals surface area contributed by atoms with E-state index in [9.17, 15) is 9.59 Å². The number of aromatic amines is 1. The molecule has 0 spiro atoms. The fourth-order valence-electron chi connectivity index (χ4n) is 2.79. The molecule has 0 bridgehead atoms. The highest BCUT2D eigenvalue weighted by Crippen LogP contribution is 2.31. The van der Waals surface area contributed by atoms with Crippen LogP contribution in [0.2, 0.25) is 0 Å². The van der Waals surface area contributed by atoms with E-state index in [4.69, 9.17) is 9.47 Å². The first-order valence-electron chi connectivity index (χ1n) is 8.85. The van der Waals surface area contributed by atoms with Gasteiger partial charge < -0.3 is 14.5 Å². The molecule has 2 aromatic heterocycles. The van der Waals surface area contributed by atoms with Crippen molar-refractivity contribution in [3.8, 4) is 5.75 Å². The molecule has 1 aliphatic heterocycles. The van der Waals surface area contributed by atoms with Crippen LogP contribution in [-0.2, 0) is 11.3 Å². The molecule has 1 aliphatic rings. The van der Waals surface area contributed by atoms with Crippen LogP contribution in [0, 0.1) is 0 Å². The first-order valence-corrected chi connectivity index (χ1v) is 9.66. The van der Waals surface area contributed by atoms with Crippen LogP contribution in [0.4, 0.5) is 5.13 Å². The molecule has 0 radical (unpaired) electrons. The van der Waals surface area contributed by atoms with Crippen LogP contribution in [0.25, 0.3) is 0 Å². The third-order valence-corrected chi connectivity index (χ3v) is 5.16. The van der Waals surface area contributed by atoms with E-state index in [2.05, 4.69) is 20.5 Å². The summed E-state index contributed by atoms with van der Waals surface area (Å²) >= 11 is 1.27. The molecule has 8 nitrogen and oxygen atoms in total. The average molecular weight is 398 g/mol. The average Bonchev–Trinajstić information content (AvgIpc) is 3.39. The smallest absolute Gasteiger partial charge is 0.274 e. The lowest BCUT2D eigenvalue weighted by atomic mass is 10.2. The standard InChI is InChI=1S/C19H18N4O4S/c24-14-9-13(20-10-16(14)27-11-12-5-2-1-3-6-12)17(25)21-19-23-22-18(28-19)15-7-4-8-26-15/h1-3,5-6,9-10,15H,4,7-8,11H2,(H,20,24)(H,21,23,25). The van der Waals surface area contributed by atoms with Gasteiger partial charge in [-0.15, -0.1) is 10.2 Å². The van der Waals surface area contributed by atoms with Crippen LogP contribution < -0.4 is 15.5 Å². The number of hydrogen-bond donors (Lipinski definition) is 2. The molecule has 3 aromatic rings. The number of nitrogens with zero attached hydrogens (tertiary/aromatic N) is 2. The topological polar surface area (TPSA) is 106 Å². The second kappa shape index (κ2) is 8.32. The Hall–Kier alpha value is -3.04. The summed E-state index contributed by atoms with van der Waals surface area (Å²) in [7, 11) is 0. The van der Waals surface area contributed by atoms with E-state index in [1.807, 2.05) is 30.3 Å². The Balaban J connectivity index is 1.39. The number of ether oxygens (including phenoxy) is 2. The van der Waals surface area contributed by atoms with Gasteiger partial charge >= 0.3 is 0 Å². The van der Waals surface area contributed by atoms with Crippen LogP contribution in [0.15, 0.2) is 47.4 Å². The van der Waals surface area contributed by atoms with Crippen molar-refractivity contribution in [1.29, 1.82) is 0 Å². The molecule has 1 unspecified atom stereocenters. The van der Waals surface area contributed by atoms with Gasteiger partial charge in [-0.05, 0) is 18.4 Å². The Bertz CT molecular complexity index is 1010. The van der Waals surface area contributed by atoms with Crippen molar-refractivity contribution < 1.29 is 14.3 Å². The monoisotopic (exact) mass is 398 g/mol. The van der Waals surface area contributed by atoms with Crippen LogP contribution in [-0.4, -0.2) is 27.7 Å². The molecule has 1 atom stereocenters. The molecular weight excluding hydrogens is 380 g/mol. The molecule has 4 rings (SSSR count). The predicted octanol–water partition coefficient (Wildman–Crippen LogP) is 2.91. The van der Waals surface area contributed by atoms with Gasteiger partial charge in [0.15, 0.2) is 5.75 Å². The van der Waals surface area contributed by atoms with Gasteiger partial charge in [0, 0.05) is 18.9 Å². The van der Waals surface area contributed by atoms with Crippen molar-refractivity contribution in [2.45, 2.75) is 25.6 Å². The SMILES string of the molecule is O=C(Nc1nnc(C2CCCO2)s1)c1cc(=O)c(OCc2ccccc2)c[nH]1. The van der Waals surface area contributed by atoms with E-state index >= 15 is 0 Å². The Morgan fingerprint density at radius 3 is 2.93 bits per heavy atom. The third kappa shape index (κ3) is 4.26. The van der Waals surface area contributed by atoms with E-state index in [-0.39, 0.29) is 29.6 Å². The quantitative estimate of drug-likeness (QED) is 0.661. The Labute approximate surface area is 164 Å². The first kappa shape index (κ1) is 18.3. The summed E-state index contributed by atoms with van der Waals surface area (Å²) in [6, 6.07) is 10.7. The number of aromatic nitrogens is 3. The first-order chi connectivity index (χ1) is 13.7. The highest BCUT2D eigenvalue weighted by Gasteiger charge is 2.22. The minimum atomic E-state index is -0.471. The molecule has 28 heavy (non-hydrogen) atoms. The summed E-state index contributed by atoms with van der Waals surface area (Å²) in [5.41, 5.74) is 0.685. The molecule has 1 aromatic carbocycles. The van der Waals surface area contributed by atoms with E-state index in [1.165, 1.54) is 23.6 Å². The van der Waals surface area contributed by atoms with Gasteiger partial charge in [-0.25, -0.2) is 0 Å². The number of amides is 1. The molecule has 0 aliphatic carbocycles. The van der Waals surface area contributed by atoms with Gasteiger partial charge in [0.2, 0.25) is 10.6 Å². The molecule has 3 heterocycles. The zero-order valence-corrected chi connectivity index (χ0v) is 15.7. The Morgan fingerprint density at radius 2 is 2.18 bits per heavy atom. The number of rotatable bonds is 6. The van der Waals surface area contributed by atoms with Gasteiger partial charge in [-0.2, -0.15) is 0 Å². The van der Waals surface area contributed by atoms with Crippen molar-refractivity contribution in [1.82, 2.24) is 15.2 Å². The number of anilines is 1. The van der Waals surface area contributed by atoms with Crippen LogP contribution >= 0.6 is 11.3 Å². The Kier molecular flexibility index (Phi) is 5.45. The summed E-state index contributed by atoms with van der Waals surface area (Å²) in [5, 5.41) is 11.8. The number of benzene rings is 1. The molecule has 0 saturated carbocycles. The second-order valence-electron chi connectivity index (χ2n) is 6.25. The molecule has 144 valence electrons. The zero-order valence-electron chi connectivity index (χ0n) is 14.9. The number of H-pyrrole nitrogens is 1. The fraction of sp³-hybridized carbons (Fsp3) is 0.263. The molecule has 9 heteroatoms. The highest BCUT2D eigenvalue weighted by molar-refractivity contribution is 7.15. The van der Waals surface area contributed by atoms with Gasteiger partial charge in [-0.3, -0.25) is 14.9 Å². The number of carbonyl (C=O) groups is 1. The number of hydrogen-bond acceptors (Lipinski definition) is 7. The number of nitrogens with one attached hydrogen (secondary N) is 2. The molecule has 1 saturated heterocycles. The van der Waals surface area contributed by atoms with Crippen LogP contribution in [0.3, 0.4) is 0 Å². The van der Waals surface area contributed by atoms with Crippen molar-refractivity contribution in [3.63, 3.8) is 0 Å². The Morgan fingerprint density at radius 1 is 1.32 bits per heavy atom. The molecular formula is C19H18N4O4S. The maximum atomic E-state index is 12.4. The van der Waals surface area contributed by atoms with Gasteiger partial charge in [0.05, 0.1) is 0 Å². The number of pyridine rings is 1. The second-order valence-corrected chi connectivity index (χ2v) is 7.26. The zero-order chi connectivity index (χ0) is 19.3. The predicted molar refractivity (Wildman–Crippen MR) is 104 cm³/mol. The lowest BCUT2D eigenvalue weighted by Gasteiger charge is -2.07. The third-order valence-electron chi connectivity index (χ3n) is 4.23. The van der Waals surface area contributed by atoms with Gasteiger partial charge in [0.1, 0.15) is 23.4 Å². The minimum Gasteiger partial charge on any atom is -0.483 e. The van der Waals surface area contributed by atoms with Gasteiger partial charge in [0.25, 0.3) is 5.91 Å². The summed E-state index contributed by atoms with van der Waals surface area (Å²) in [4.78, 5) is 27.4. The maximum absolute atomic E-state index is 12.4. The minimum absolute atomic E-state index is 0.0518. The van der Waals surface area contributed by atoms with Gasteiger partial charge in [-0.1, -0.05) is 41.7 Å². The van der Waals surface area contributed by atoms with Crippen molar-refractivity contribution in [2.24, 2.45) is 0 Å². The van der Waals surface area contributed by atoms with Crippen molar-refractivity contribution in [2.75, 3.05) is 11.9 Å². The summed E-state index contributed by atoms with van der Waals surface area (Å²) in [6.07, 6.45) is 3.23. The molecule has 2 N–H and O–H groups in total. The normalized spacial score (nSPS) is 16.1. The number of carbonyl (C=O) groups excluding carboxylic acids is 1. The molecule has 1 fully saturated rings. The molecule has 1 amide bonds. The van der Waals surface area contributed by atoms with E-state index in [0.717, 1.165) is 23.4 Å². The highest BCUT2D eigenvalue weighted by atomic mass is 32.1. The largest absolute Gasteiger partial charge is 0.483 e. The van der Waals surface area contributed by atoms with E-state index in [0.29, 0.717) is 11.7 Å². The van der Waals surface area contributed by atoms with E-state index in [1.54, 1.807) is 0 Å². The summed E-state index contributed by atoms with van der Waals surface area (Å²) in [5.74, 6) is -0.321.